The third-order valence-electron chi connectivity index (χ3n) is 14.4. The predicted molar refractivity (Wildman–Crippen MR) is 219 cm³/mol. The Labute approximate surface area is 334 Å². The molecule has 0 N–H and O–H groups in total. The summed E-state index contributed by atoms with van der Waals surface area (Å²) in [6.07, 6.45) is 12.4. The minimum atomic E-state index is -0.215. The van der Waals surface area contributed by atoms with Gasteiger partial charge in [0, 0.05) is 42.4 Å². The van der Waals surface area contributed by atoms with Crippen LogP contribution in [-0.2, 0) is 39.7 Å². The van der Waals surface area contributed by atoms with E-state index in [2.05, 4.69) is 96.5 Å². The van der Waals surface area contributed by atoms with Crippen molar-refractivity contribution in [1.82, 2.24) is 9.80 Å². The van der Waals surface area contributed by atoms with Gasteiger partial charge in [-0.05, 0) is 103 Å². The van der Waals surface area contributed by atoms with Crippen molar-refractivity contribution in [3.63, 3.8) is 0 Å². The largest absolute Gasteiger partial charge is 0.497 e. The Balaban J connectivity index is 0.000000131. The highest BCUT2D eigenvalue weighted by Crippen LogP contribution is 2.63. The molecular formula is C50H48N2O5. The van der Waals surface area contributed by atoms with Crippen LogP contribution >= 0.6 is 0 Å². The van der Waals surface area contributed by atoms with Crippen LogP contribution in [0.15, 0.2) is 132 Å². The third kappa shape index (κ3) is 4.72. The number of benzene rings is 4. The highest BCUT2D eigenvalue weighted by Gasteiger charge is 2.63. The van der Waals surface area contributed by atoms with Crippen LogP contribution < -0.4 is 9.47 Å². The van der Waals surface area contributed by atoms with Gasteiger partial charge in [0.15, 0.2) is 12.2 Å². The standard InChI is InChI=1S/C25H23NO3.C25H25NO2/c1-15-8-9-17-14-19-18-10-11-20(28-2)23-25(18,21(17)22(15)29-23)12-13-26(19)24(27)16-6-4-3-5-7-16;1-16-8-9-18-14-20-19-10-11-21(27-2)24-25(19,22(18)23(16)28-24)12-13-26(20)15-17-6-4-3-5-7-17/h3-11,19,23H,12-14H2,1-2H3;3-11,20,24H,12-15H2,1-2H3/t19-,23+,25+;20-,24+,25+/m11/s1. The van der Waals surface area contributed by atoms with Crippen LogP contribution in [0.2, 0.25) is 0 Å². The fourth-order valence-electron chi connectivity index (χ4n) is 11.9. The highest BCUT2D eigenvalue weighted by atomic mass is 16.5. The number of carbonyl (C=O) groups excluding carboxylic acids is 1. The summed E-state index contributed by atoms with van der Waals surface area (Å²) in [7, 11) is 3.49. The second kappa shape index (κ2) is 12.7. The van der Waals surface area contributed by atoms with Crippen molar-refractivity contribution in [2.24, 2.45) is 0 Å². The van der Waals surface area contributed by atoms with Crippen molar-refractivity contribution in [1.29, 1.82) is 0 Å². The summed E-state index contributed by atoms with van der Waals surface area (Å²) >= 11 is 0. The maximum Gasteiger partial charge on any atom is 0.254 e. The number of piperidine rings is 2. The van der Waals surface area contributed by atoms with Crippen molar-refractivity contribution in [2.45, 2.75) is 81.2 Å². The summed E-state index contributed by atoms with van der Waals surface area (Å²) in [6.45, 7) is 7.09. The lowest BCUT2D eigenvalue weighted by Crippen LogP contribution is -2.60. The Morgan fingerprint density at radius 2 is 1.19 bits per heavy atom. The van der Waals surface area contributed by atoms with Crippen molar-refractivity contribution < 1.29 is 23.7 Å². The van der Waals surface area contributed by atoms with Gasteiger partial charge in [-0.3, -0.25) is 9.69 Å². The summed E-state index contributed by atoms with van der Waals surface area (Å²) in [5, 5.41) is 0. The van der Waals surface area contributed by atoms with E-state index >= 15 is 0 Å². The van der Waals surface area contributed by atoms with E-state index in [-0.39, 0.29) is 35.0 Å². The van der Waals surface area contributed by atoms with Gasteiger partial charge >= 0.3 is 0 Å². The lowest BCUT2D eigenvalue weighted by atomic mass is 9.57. The van der Waals surface area contributed by atoms with Gasteiger partial charge in [0.05, 0.1) is 31.1 Å². The molecule has 1 amide bonds. The fourth-order valence-corrected chi connectivity index (χ4v) is 11.9. The molecule has 0 radical (unpaired) electrons. The van der Waals surface area contributed by atoms with Crippen LogP contribution in [0, 0.1) is 13.8 Å². The molecule has 288 valence electrons. The number of likely N-dealkylation sites (tertiary alicyclic amines) is 2. The average Bonchev–Trinajstić information content (AvgIpc) is 3.78. The first kappa shape index (κ1) is 34.7. The molecule has 4 aliphatic heterocycles. The van der Waals surface area contributed by atoms with E-state index in [0.29, 0.717) is 6.04 Å². The van der Waals surface area contributed by atoms with E-state index in [0.717, 1.165) is 73.9 Å². The van der Waals surface area contributed by atoms with Gasteiger partial charge in [-0.1, -0.05) is 84.9 Å². The topological polar surface area (TPSA) is 60.5 Å². The van der Waals surface area contributed by atoms with E-state index in [1.807, 2.05) is 36.4 Å². The number of hydrogen-bond acceptors (Lipinski definition) is 6. The molecule has 7 heteroatoms. The van der Waals surface area contributed by atoms with Crippen molar-refractivity contribution >= 4 is 5.91 Å². The molecule has 2 saturated heterocycles. The molecule has 0 aromatic heterocycles. The van der Waals surface area contributed by atoms with Gasteiger partial charge in [-0.25, -0.2) is 0 Å². The molecule has 4 heterocycles. The number of rotatable bonds is 5. The minimum absolute atomic E-state index is 0.0194. The molecular weight excluding hydrogens is 709 g/mol. The Kier molecular flexibility index (Phi) is 7.75. The predicted octanol–water partition coefficient (Wildman–Crippen LogP) is 8.23. The highest BCUT2D eigenvalue weighted by molar-refractivity contribution is 5.95. The summed E-state index contributed by atoms with van der Waals surface area (Å²) < 4.78 is 24.7. The quantitative estimate of drug-likeness (QED) is 0.205. The SMILES string of the molecule is COC1=CC=C2[C@H]3Cc4ccc(C)c5c4[C@@]2(CCN3C(=O)c2ccccc2)[C@H]1O5.COC1=CC=C2[C@H]3Cc4ccc(C)c5c4[C@@]2(CCN3Cc2ccccc2)[C@H]1O5. The summed E-state index contributed by atoms with van der Waals surface area (Å²) in [6, 6.07) is 29.9. The van der Waals surface area contributed by atoms with E-state index in [1.165, 1.54) is 50.1 Å². The number of methoxy groups -OCH3 is 2. The molecule has 2 fully saturated rings. The van der Waals surface area contributed by atoms with Crippen LogP contribution in [0.5, 0.6) is 11.5 Å². The van der Waals surface area contributed by atoms with Crippen LogP contribution in [-0.4, -0.2) is 67.3 Å². The van der Waals surface area contributed by atoms with Gasteiger partial charge < -0.3 is 23.8 Å². The van der Waals surface area contributed by atoms with E-state index < -0.39 is 0 Å². The molecule has 7 nitrogen and oxygen atoms in total. The Bertz CT molecular complexity index is 2470. The number of ether oxygens (including phenoxy) is 4. The van der Waals surface area contributed by atoms with E-state index in [9.17, 15) is 4.79 Å². The minimum Gasteiger partial charge on any atom is -0.497 e. The van der Waals surface area contributed by atoms with Crippen LogP contribution in [0.1, 0.15) is 62.1 Å². The van der Waals surface area contributed by atoms with Gasteiger partial charge in [0.1, 0.15) is 23.0 Å². The van der Waals surface area contributed by atoms with Gasteiger partial charge in [-0.15, -0.1) is 0 Å². The zero-order valence-electron chi connectivity index (χ0n) is 33.1. The van der Waals surface area contributed by atoms with E-state index in [4.69, 9.17) is 18.9 Å². The summed E-state index contributed by atoms with van der Waals surface area (Å²) in [5.41, 5.74) is 12.7. The zero-order valence-corrected chi connectivity index (χ0v) is 33.1. The van der Waals surface area contributed by atoms with Gasteiger partial charge in [0.2, 0.25) is 0 Å². The maximum atomic E-state index is 13.4. The lowest BCUT2D eigenvalue weighted by Gasteiger charge is -2.53. The van der Waals surface area contributed by atoms with Gasteiger partial charge in [-0.2, -0.15) is 0 Å². The molecule has 12 rings (SSSR count). The number of amides is 1. The van der Waals surface area contributed by atoms with Crippen LogP contribution in [0.25, 0.3) is 0 Å². The van der Waals surface area contributed by atoms with E-state index in [1.54, 1.807) is 14.2 Å². The van der Waals surface area contributed by atoms with Crippen molar-refractivity contribution in [3.8, 4) is 11.5 Å². The molecule has 8 aliphatic rings. The third-order valence-corrected chi connectivity index (χ3v) is 14.4. The molecule has 57 heavy (non-hydrogen) atoms. The molecule has 6 atom stereocenters. The monoisotopic (exact) mass is 756 g/mol. The number of nitrogens with zero attached hydrogens (tertiary/aromatic N) is 2. The first-order valence-corrected chi connectivity index (χ1v) is 20.5. The molecule has 4 aliphatic carbocycles. The van der Waals surface area contributed by atoms with Crippen molar-refractivity contribution in [2.75, 3.05) is 27.3 Å². The molecule has 4 bridgehead atoms. The normalized spacial score (nSPS) is 28.8. The Hall–Kier alpha value is -5.53. The van der Waals surface area contributed by atoms with Crippen LogP contribution in [0.3, 0.4) is 0 Å². The fraction of sp³-hybridized carbons (Fsp3) is 0.340. The second-order valence-electron chi connectivity index (χ2n) is 17.0. The van der Waals surface area contributed by atoms with Crippen LogP contribution in [0.4, 0.5) is 0 Å². The maximum absolute atomic E-state index is 13.4. The zero-order chi connectivity index (χ0) is 38.6. The Morgan fingerprint density at radius 1 is 0.667 bits per heavy atom. The molecule has 4 aromatic carbocycles. The molecule has 2 spiro atoms. The molecule has 4 aromatic rings. The lowest BCUT2D eigenvalue weighted by molar-refractivity contribution is 0.0469. The molecule has 0 saturated carbocycles. The summed E-state index contributed by atoms with van der Waals surface area (Å²) in [5.74, 6) is 4.07. The average molecular weight is 757 g/mol. The first-order valence-electron chi connectivity index (χ1n) is 20.5. The number of aryl methyl sites for hydroxylation is 2. The second-order valence-corrected chi connectivity index (χ2v) is 17.0. The number of hydrogen-bond donors (Lipinski definition) is 0. The first-order chi connectivity index (χ1) is 27.9. The number of allylic oxidation sites excluding steroid dienone is 4. The summed E-state index contributed by atoms with van der Waals surface area (Å²) in [4.78, 5) is 18.1. The van der Waals surface area contributed by atoms with Crippen molar-refractivity contribution in [3.05, 3.63) is 176 Å². The molecule has 0 unspecified atom stereocenters. The smallest absolute Gasteiger partial charge is 0.254 e. The van der Waals surface area contributed by atoms with Gasteiger partial charge in [0.25, 0.3) is 5.91 Å². The Morgan fingerprint density at radius 3 is 1.77 bits per heavy atom. The number of carbonyl (C=O) groups is 1.